The molecule has 0 saturated heterocycles. The third-order valence-electron chi connectivity index (χ3n) is 3.31. The summed E-state index contributed by atoms with van der Waals surface area (Å²) in [6, 6.07) is 14.8. The minimum atomic E-state index is -0.0676. The summed E-state index contributed by atoms with van der Waals surface area (Å²) in [6.45, 7) is 0. The molecule has 0 aliphatic carbocycles. The van der Waals surface area contributed by atoms with Crippen LogP contribution in [0.4, 0.5) is 0 Å². The first-order chi connectivity index (χ1) is 9.56. The molecule has 0 radical (unpaired) electrons. The third-order valence-corrected chi connectivity index (χ3v) is 3.74. The standard InChI is InChI=1S/C16H11Cl2NO/c1-19-15-5-3-2-4-10(15)8-14(16(19)20)11-6-12(17)9-13(18)7-11/h2-9H,1H3. The number of para-hydroxylation sites is 1. The van der Waals surface area contributed by atoms with E-state index in [0.717, 1.165) is 16.5 Å². The smallest absolute Gasteiger partial charge is 0.258 e. The fourth-order valence-electron chi connectivity index (χ4n) is 2.34. The molecule has 0 aliphatic heterocycles. The number of benzene rings is 2. The first-order valence-electron chi connectivity index (χ1n) is 6.11. The normalized spacial score (nSPS) is 10.9. The number of hydrogen-bond donors (Lipinski definition) is 0. The van der Waals surface area contributed by atoms with Gasteiger partial charge in [0.05, 0.1) is 5.52 Å². The van der Waals surface area contributed by atoms with E-state index in [4.69, 9.17) is 23.2 Å². The second kappa shape index (κ2) is 4.97. The van der Waals surface area contributed by atoms with Crippen molar-refractivity contribution < 1.29 is 0 Å². The molecule has 0 atom stereocenters. The lowest BCUT2D eigenvalue weighted by atomic mass is 10.0. The molecule has 20 heavy (non-hydrogen) atoms. The number of aromatic nitrogens is 1. The number of pyridine rings is 1. The Hall–Kier alpha value is -1.77. The number of fused-ring (bicyclic) bond motifs is 1. The first-order valence-corrected chi connectivity index (χ1v) is 6.87. The van der Waals surface area contributed by atoms with Crippen molar-refractivity contribution in [1.82, 2.24) is 4.57 Å². The first kappa shape index (κ1) is 13.2. The van der Waals surface area contributed by atoms with E-state index in [9.17, 15) is 4.79 Å². The fraction of sp³-hybridized carbons (Fsp3) is 0.0625. The van der Waals surface area contributed by atoms with Crippen molar-refractivity contribution in [1.29, 1.82) is 0 Å². The minimum absolute atomic E-state index is 0.0676. The highest BCUT2D eigenvalue weighted by molar-refractivity contribution is 6.35. The summed E-state index contributed by atoms with van der Waals surface area (Å²) < 4.78 is 1.64. The minimum Gasteiger partial charge on any atom is -0.311 e. The predicted molar refractivity (Wildman–Crippen MR) is 84.6 cm³/mol. The molecule has 2 nitrogen and oxygen atoms in total. The van der Waals surface area contributed by atoms with Crippen molar-refractivity contribution in [3.05, 3.63) is 68.9 Å². The van der Waals surface area contributed by atoms with Crippen LogP contribution < -0.4 is 5.56 Å². The van der Waals surface area contributed by atoms with E-state index in [0.29, 0.717) is 15.6 Å². The average molecular weight is 304 g/mol. The maximum absolute atomic E-state index is 12.5. The highest BCUT2D eigenvalue weighted by Gasteiger charge is 2.10. The molecule has 0 amide bonds. The van der Waals surface area contributed by atoms with Crippen molar-refractivity contribution in [3.63, 3.8) is 0 Å². The van der Waals surface area contributed by atoms with Crippen molar-refractivity contribution in [2.24, 2.45) is 7.05 Å². The molecule has 3 rings (SSSR count). The van der Waals surface area contributed by atoms with Gasteiger partial charge in [0.15, 0.2) is 0 Å². The maximum Gasteiger partial charge on any atom is 0.258 e. The Morgan fingerprint density at radius 1 is 0.950 bits per heavy atom. The fourth-order valence-corrected chi connectivity index (χ4v) is 2.86. The van der Waals surface area contributed by atoms with Crippen molar-refractivity contribution in [2.45, 2.75) is 0 Å². The van der Waals surface area contributed by atoms with E-state index < -0.39 is 0 Å². The number of aryl methyl sites for hydroxylation is 1. The van der Waals surface area contributed by atoms with Gasteiger partial charge >= 0.3 is 0 Å². The van der Waals surface area contributed by atoms with E-state index in [1.807, 2.05) is 30.3 Å². The molecule has 0 unspecified atom stereocenters. The molecule has 0 spiro atoms. The van der Waals surface area contributed by atoms with E-state index >= 15 is 0 Å². The van der Waals surface area contributed by atoms with Gasteiger partial charge in [-0.2, -0.15) is 0 Å². The van der Waals surface area contributed by atoms with E-state index in [1.54, 1.807) is 29.8 Å². The van der Waals surface area contributed by atoms with Gasteiger partial charge in [-0.05, 0) is 41.3 Å². The van der Waals surface area contributed by atoms with Gasteiger partial charge in [0.25, 0.3) is 5.56 Å². The monoisotopic (exact) mass is 303 g/mol. The SMILES string of the molecule is Cn1c(=O)c(-c2cc(Cl)cc(Cl)c2)cc2ccccc21. The van der Waals surface area contributed by atoms with Gasteiger partial charge in [-0.3, -0.25) is 4.79 Å². The summed E-state index contributed by atoms with van der Waals surface area (Å²) >= 11 is 12.0. The Kier molecular flexibility index (Phi) is 3.28. The highest BCUT2D eigenvalue weighted by atomic mass is 35.5. The third kappa shape index (κ3) is 2.21. The Morgan fingerprint density at radius 3 is 2.30 bits per heavy atom. The van der Waals surface area contributed by atoms with E-state index in [1.165, 1.54) is 0 Å². The zero-order chi connectivity index (χ0) is 14.3. The van der Waals surface area contributed by atoms with Gasteiger partial charge in [0, 0.05) is 22.7 Å². The van der Waals surface area contributed by atoms with Crippen LogP contribution in [0, 0.1) is 0 Å². The lowest BCUT2D eigenvalue weighted by Crippen LogP contribution is -2.18. The van der Waals surface area contributed by atoms with Gasteiger partial charge in [0.2, 0.25) is 0 Å². The molecule has 1 aromatic heterocycles. The summed E-state index contributed by atoms with van der Waals surface area (Å²) in [4.78, 5) is 12.5. The molecule has 0 bridgehead atoms. The van der Waals surface area contributed by atoms with Crippen LogP contribution in [0.15, 0.2) is 53.3 Å². The van der Waals surface area contributed by atoms with Crippen LogP contribution in [-0.4, -0.2) is 4.57 Å². The van der Waals surface area contributed by atoms with Gasteiger partial charge in [0.1, 0.15) is 0 Å². The Morgan fingerprint density at radius 2 is 1.60 bits per heavy atom. The molecule has 4 heteroatoms. The van der Waals surface area contributed by atoms with Crippen LogP contribution in [0.3, 0.4) is 0 Å². The Balaban J connectivity index is 2.36. The summed E-state index contributed by atoms with van der Waals surface area (Å²) in [5.41, 5.74) is 2.15. The number of rotatable bonds is 1. The molecule has 0 saturated carbocycles. The number of halogens is 2. The van der Waals surface area contributed by atoms with Gasteiger partial charge < -0.3 is 4.57 Å². The molecule has 0 N–H and O–H groups in total. The molecule has 100 valence electrons. The summed E-state index contributed by atoms with van der Waals surface area (Å²) in [7, 11) is 1.76. The van der Waals surface area contributed by atoms with Gasteiger partial charge in [-0.15, -0.1) is 0 Å². The second-order valence-corrected chi connectivity index (χ2v) is 5.51. The molecule has 0 fully saturated rings. The van der Waals surface area contributed by atoms with Crippen LogP contribution in [0.2, 0.25) is 10.0 Å². The molecule has 1 heterocycles. The van der Waals surface area contributed by atoms with E-state index in [2.05, 4.69) is 0 Å². The zero-order valence-electron chi connectivity index (χ0n) is 10.7. The largest absolute Gasteiger partial charge is 0.311 e. The summed E-state index contributed by atoms with van der Waals surface area (Å²) in [6.07, 6.45) is 0. The lowest BCUT2D eigenvalue weighted by molar-refractivity contribution is 0.909. The molecular formula is C16H11Cl2NO. The molecular weight excluding hydrogens is 293 g/mol. The summed E-state index contributed by atoms with van der Waals surface area (Å²) in [5, 5.41) is 2.03. The Labute approximate surface area is 126 Å². The van der Waals surface area contributed by atoms with Crippen LogP contribution in [0.5, 0.6) is 0 Å². The zero-order valence-corrected chi connectivity index (χ0v) is 12.2. The predicted octanol–water partition coefficient (Wildman–Crippen LogP) is 4.51. The molecule has 0 aliphatic rings. The van der Waals surface area contributed by atoms with Crippen LogP contribution in [-0.2, 0) is 7.05 Å². The molecule has 2 aromatic carbocycles. The lowest BCUT2D eigenvalue weighted by Gasteiger charge is -2.09. The Bertz CT molecular complexity index is 848. The van der Waals surface area contributed by atoms with Crippen molar-refractivity contribution in [3.8, 4) is 11.1 Å². The van der Waals surface area contributed by atoms with Crippen LogP contribution in [0.25, 0.3) is 22.0 Å². The molecule has 3 aromatic rings. The maximum atomic E-state index is 12.5. The topological polar surface area (TPSA) is 22.0 Å². The second-order valence-electron chi connectivity index (χ2n) is 4.64. The number of hydrogen-bond acceptors (Lipinski definition) is 1. The van der Waals surface area contributed by atoms with Crippen molar-refractivity contribution in [2.75, 3.05) is 0 Å². The van der Waals surface area contributed by atoms with Crippen molar-refractivity contribution >= 4 is 34.1 Å². The number of nitrogens with zero attached hydrogens (tertiary/aromatic N) is 1. The highest BCUT2D eigenvalue weighted by Crippen LogP contribution is 2.27. The average Bonchev–Trinajstić information content (AvgIpc) is 2.42. The van der Waals surface area contributed by atoms with Crippen LogP contribution in [0.1, 0.15) is 0 Å². The van der Waals surface area contributed by atoms with Gasteiger partial charge in [-0.25, -0.2) is 0 Å². The van der Waals surface area contributed by atoms with Crippen LogP contribution >= 0.6 is 23.2 Å². The quantitative estimate of drug-likeness (QED) is 0.648. The summed E-state index contributed by atoms with van der Waals surface area (Å²) in [5.74, 6) is 0. The van der Waals surface area contributed by atoms with E-state index in [-0.39, 0.29) is 5.56 Å². The van der Waals surface area contributed by atoms with Gasteiger partial charge in [-0.1, -0.05) is 41.4 Å².